The number of rotatable bonds is 4. The van der Waals surface area contributed by atoms with Crippen LogP contribution in [0, 0.1) is 0 Å². The lowest BCUT2D eigenvalue weighted by Gasteiger charge is -2.34. The smallest absolute Gasteiger partial charge is 0.249 e. The lowest BCUT2D eigenvalue weighted by atomic mass is 10.1. The summed E-state index contributed by atoms with van der Waals surface area (Å²) in [7, 11) is 0. The molecule has 1 N–H and O–H groups in total. The van der Waals surface area contributed by atoms with Gasteiger partial charge in [0.25, 0.3) is 0 Å². The second-order valence-electron chi connectivity index (χ2n) is 5.54. The highest BCUT2D eigenvalue weighted by molar-refractivity contribution is 9.10. The largest absolute Gasteiger partial charge is 0.369 e. The molecule has 2 aromatic rings. The first-order valence-electron chi connectivity index (χ1n) is 7.61. The molecule has 124 valence electrons. The van der Waals surface area contributed by atoms with Gasteiger partial charge in [0.05, 0.1) is 6.61 Å². The van der Waals surface area contributed by atoms with Crippen molar-refractivity contribution in [3.63, 3.8) is 0 Å². The van der Waals surface area contributed by atoms with Crippen molar-refractivity contribution in [2.45, 2.75) is 12.6 Å². The molecule has 5 nitrogen and oxygen atoms in total. The number of morpholine rings is 1. The van der Waals surface area contributed by atoms with Gasteiger partial charge in [-0.05, 0) is 23.8 Å². The summed E-state index contributed by atoms with van der Waals surface area (Å²) in [5.74, 6) is -0.434. The zero-order valence-corrected chi connectivity index (χ0v) is 14.5. The minimum Gasteiger partial charge on any atom is -0.369 e. The van der Waals surface area contributed by atoms with E-state index in [2.05, 4.69) is 21.2 Å². The number of amides is 2. The molecule has 0 spiro atoms. The molecule has 1 fully saturated rings. The van der Waals surface area contributed by atoms with E-state index in [1.54, 1.807) is 11.0 Å². The first kappa shape index (κ1) is 16.7. The van der Waals surface area contributed by atoms with Crippen molar-refractivity contribution in [2.75, 3.05) is 18.5 Å². The van der Waals surface area contributed by atoms with Crippen molar-refractivity contribution in [1.29, 1.82) is 0 Å². The van der Waals surface area contributed by atoms with Gasteiger partial charge in [-0.3, -0.25) is 9.59 Å². The van der Waals surface area contributed by atoms with Crippen LogP contribution in [0.4, 0.5) is 5.69 Å². The summed E-state index contributed by atoms with van der Waals surface area (Å²) in [4.78, 5) is 26.4. The van der Waals surface area contributed by atoms with E-state index in [4.69, 9.17) is 4.74 Å². The summed E-state index contributed by atoms with van der Waals surface area (Å²) in [6.45, 7) is 0.589. The van der Waals surface area contributed by atoms with Gasteiger partial charge in [0, 0.05) is 16.7 Å². The quantitative estimate of drug-likeness (QED) is 0.875. The number of nitrogens with one attached hydrogen (secondary N) is 1. The third-order valence-electron chi connectivity index (χ3n) is 3.79. The summed E-state index contributed by atoms with van der Waals surface area (Å²) in [6.07, 6.45) is 0. The molecule has 0 saturated carbocycles. The molecule has 1 aliphatic heterocycles. The number of hydrogen-bond donors (Lipinski definition) is 1. The van der Waals surface area contributed by atoms with Gasteiger partial charge in [0.15, 0.2) is 0 Å². The number of carbonyl (C=O) groups is 2. The predicted molar refractivity (Wildman–Crippen MR) is 94.4 cm³/mol. The second kappa shape index (κ2) is 7.59. The second-order valence-corrected chi connectivity index (χ2v) is 6.45. The molecule has 1 heterocycles. The van der Waals surface area contributed by atoms with Crippen LogP contribution >= 0.6 is 15.9 Å². The van der Waals surface area contributed by atoms with E-state index in [0.717, 1.165) is 10.0 Å². The highest BCUT2D eigenvalue weighted by atomic mass is 79.9. The maximum absolute atomic E-state index is 12.6. The number of hydrogen-bond acceptors (Lipinski definition) is 3. The average Bonchev–Trinajstić information content (AvgIpc) is 2.57. The zero-order valence-electron chi connectivity index (χ0n) is 12.9. The Hall–Kier alpha value is -2.18. The first-order valence-corrected chi connectivity index (χ1v) is 8.40. The summed E-state index contributed by atoms with van der Waals surface area (Å²) in [6, 6.07) is 16.3. The fraction of sp³-hybridized carbons (Fsp3) is 0.222. The maximum Gasteiger partial charge on any atom is 0.249 e. The number of ether oxygens (including phenoxy) is 1. The fourth-order valence-corrected chi connectivity index (χ4v) is 2.99. The van der Waals surface area contributed by atoms with Gasteiger partial charge in [0.2, 0.25) is 11.8 Å². The fourth-order valence-electron chi connectivity index (χ4n) is 2.59. The van der Waals surface area contributed by atoms with Gasteiger partial charge in [-0.15, -0.1) is 0 Å². The standard InChI is InChI=1S/C18H17BrN2O3/c19-14-7-4-8-15(9-14)20-18(23)16-11-24-12-17(22)21(16)10-13-5-2-1-3-6-13/h1-9,16H,10-12H2,(H,20,23)/t16-/m1/s1. The van der Waals surface area contributed by atoms with Gasteiger partial charge < -0.3 is 15.0 Å². The topological polar surface area (TPSA) is 58.6 Å². The molecular formula is C18H17BrN2O3. The molecular weight excluding hydrogens is 372 g/mol. The normalized spacial score (nSPS) is 17.6. The molecule has 1 saturated heterocycles. The van der Waals surface area contributed by atoms with E-state index in [-0.39, 0.29) is 25.0 Å². The van der Waals surface area contributed by atoms with E-state index in [1.165, 1.54) is 0 Å². The molecule has 2 aromatic carbocycles. The highest BCUT2D eigenvalue weighted by Gasteiger charge is 2.34. The van der Waals surface area contributed by atoms with Crippen molar-refractivity contribution in [1.82, 2.24) is 4.90 Å². The molecule has 1 aliphatic rings. The number of carbonyl (C=O) groups excluding carboxylic acids is 2. The zero-order chi connectivity index (χ0) is 16.9. The molecule has 0 aromatic heterocycles. The van der Waals surface area contributed by atoms with E-state index in [9.17, 15) is 9.59 Å². The Morgan fingerprint density at radius 1 is 1.21 bits per heavy atom. The first-order chi connectivity index (χ1) is 11.6. The molecule has 24 heavy (non-hydrogen) atoms. The van der Waals surface area contributed by atoms with Crippen LogP contribution in [0.3, 0.4) is 0 Å². The van der Waals surface area contributed by atoms with Gasteiger partial charge in [-0.25, -0.2) is 0 Å². The van der Waals surface area contributed by atoms with Crippen LogP contribution in [0.25, 0.3) is 0 Å². The highest BCUT2D eigenvalue weighted by Crippen LogP contribution is 2.18. The molecule has 0 unspecified atom stereocenters. The van der Waals surface area contributed by atoms with Crippen LogP contribution in [-0.2, 0) is 20.9 Å². The van der Waals surface area contributed by atoms with Crippen molar-refractivity contribution in [2.24, 2.45) is 0 Å². The van der Waals surface area contributed by atoms with Crippen molar-refractivity contribution >= 4 is 33.4 Å². The molecule has 0 bridgehead atoms. The summed E-state index contributed by atoms with van der Waals surface area (Å²) in [5, 5.41) is 2.85. The van der Waals surface area contributed by atoms with E-state index >= 15 is 0 Å². The minimum atomic E-state index is -0.648. The number of benzene rings is 2. The SMILES string of the molecule is O=C(Nc1cccc(Br)c1)[C@H]1COCC(=O)N1Cc1ccccc1. The number of nitrogens with zero attached hydrogens (tertiary/aromatic N) is 1. The van der Waals surface area contributed by atoms with E-state index < -0.39 is 6.04 Å². The molecule has 3 rings (SSSR count). The van der Waals surface area contributed by atoms with Crippen LogP contribution in [0.15, 0.2) is 59.1 Å². The maximum atomic E-state index is 12.6. The van der Waals surface area contributed by atoms with Crippen molar-refractivity contribution < 1.29 is 14.3 Å². The van der Waals surface area contributed by atoms with Crippen LogP contribution in [0.1, 0.15) is 5.56 Å². The summed E-state index contributed by atoms with van der Waals surface area (Å²) in [5.41, 5.74) is 1.65. The van der Waals surface area contributed by atoms with E-state index in [0.29, 0.717) is 12.2 Å². The van der Waals surface area contributed by atoms with Gasteiger partial charge in [-0.2, -0.15) is 0 Å². The predicted octanol–water partition coefficient (Wildman–Crippen LogP) is 2.82. The monoisotopic (exact) mass is 388 g/mol. The molecule has 2 amide bonds. The Bertz CT molecular complexity index is 736. The number of anilines is 1. The van der Waals surface area contributed by atoms with Crippen molar-refractivity contribution in [3.8, 4) is 0 Å². The van der Waals surface area contributed by atoms with E-state index in [1.807, 2.05) is 48.5 Å². The van der Waals surface area contributed by atoms with Crippen molar-refractivity contribution in [3.05, 3.63) is 64.6 Å². The molecule has 0 radical (unpaired) electrons. The lowest BCUT2D eigenvalue weighted by Crippen LogP contribution is -2.54. The minimum absolute atomic E-state index is 0.00744. The van der Waals surface area contributed by atoms with Crippen LogP contribution in [0.2, 0.25) is 0 Å². The third-order valence-corrected chi connectivity index (χ3v) is 4.28. The van der Waals surface area contributed by atoms with Crippen LogP contribution < -0.4 is 5.32 Å². The molecule has 1 atom stereocenters. The Morgan fingerprint density at radius 3 is 2.75 bits per heavy atom. The Kier molecular flexibility index (Phi) is 5.27. The average molecular weight is 389 g/mol. The molecule has 6 heteroatoms. The number of halogens is 1. The van der Waals surface area contributed by atoms with Gasteiger partial charge >= 0.3 is 0 Å². The van der Waals surface area contributed by atoms with Crippen LogP contribution in [0.5, 0.6) is 0 Å². The molecule has 0 aliphatic carbocycles. The van der Waals surface area contributed by atoms with Crippen LogP contribution in [-0.4, -0.2) is 36.0 Å². The Labute approximate surface area is 148 Å². The van der Waals surface area contributed by atoms with Gasteiger partial charge in [-0.1, -0.05) is 52.3 Å². The Morgan fingerprint density at radius 2 is 2.00 bits per heavy atom. The third kappa shape index (κ3) is 4.01. The summed E-state index contributed by atoms with van der Waals surface area (Å²) >= 11 is 3.37. The summed E-state index contributed by atoms with van der Waals surface area (Å²) < 4.78 is 6.16. The van der Waals surface area contributed by atoms with Gasteiger partial charge in [0.1, 0.15) is 12.6 Å². The Balaban J connectivity index is 1.75. The lowest BCUT2D eigenvalue weighted by molar-refractivity contribution is -0.154.